The number of Topliss-reactive ketones (excluding diaryl/α,β-unsaturated/α-hetero) is 1. The number of hydrogen-bond donors (Lipinski definition) is 0. The number of anilines is 2. The van der Waals surface area contributed by atoms with Crippen LogP contribution in [0.1, 0.15) is 56.3 Å². The topological polar surface area (TPSA) is 30.0 Å². The number of carbonyl (C=O) groups is 1. The highest BCUT2D eigenvalue weighted by molar-refractivity contribution is 6.37. The predicted octanol–water partition coefficient (Wildman–Crippen LogP) is 12.0. The summed E-state index contributed by atoms with van der Waals surface area (Å²) in [5.74, 6) is 1.91. The minimum Gasteiger partial charge on any atom is -0.361 e. The lowest BCUT2D eigenvalue weighted by molar-refractivity contribution is -0.118. The van der Waals surface area contributed by atoms with Crippen LogP contribution in [-0.2, 0) is 4.79 Å². The number of nitrogens with zero attached hydrogens (tertiary/aromatic N) is 4. The first-order valence-corrected chi connectivity index (χ1v) is 20.6. The molecule has 4 aromatic rings. The fraction of sp³-hybridized carbons (Fsp3) is 0.405. The molecule has 4 aromatic carbocycles. The lowest BCUT2D eigenvalue weighted by Crippen LogP contribution is -2.49. The van der Waals surface area contributed by atoms with Gasteiger partial charge in [-0.25, -0.2) is 0 Å². The van der Waals surface area contributed by atoms with E-state index in [1.54, 1.807) is 13.0 Å². The molecule has 3 atom stereocenters. The molecule has 0 amide bonds. The van der Waals surface area contributed by atoms with Crippen LogP contribution in [0.2, 0.25) is 30.1 Å². The van der Waals surface area contributed by atoms with Crippen molar-refractivity contribution in [1.29, 1.82) is 0 Å². The highest BCUT2D eigenvalue weighted by Gasteiger charge is 2.32. The van der Waals surface area contributed by atoms with E-state index in [4.69, 9.17) is 69.6 Å². The third-order valence-electron chi connectivity index (χ3n) is 10.3. The Kier molecular flexibility index (Phi) is 14.2. The number of carbonyl (C=O) groups excluding carboxylic acids is 1. The summed E-state index contributed by atoms with van der Waals surface area (Å²) in [6, 6.07) is 27.8. The molecule has 11 heteroatoms. The lowest BCUT2D eigenvalue weighted by atomic mass is 9.99. The zero-order valence-electron chi connectivity index (χ0n) is 30.1. The molecule has 0 radical (unpaired) electrons. The maximum absolute atomic E-state index is 11.5. The lowest BCUT2D eigenvalue weighted by Gasteiger charge is -2.44. The first-order valence-electron chi connectivity index (χ1n) is 18.3. The van der Waals surface area contributed by atoms with Crippen LogP contribution in [0.3, 0.4) is 0 Å². The second kappa shape index (κ2) is 18.6. The molecule has 1 saturated carbocycles. The van der Waals surface area contributed by atoms with Gasteiger partial charge < -0.3 is 9.80 Å². The van der Waals surface area contributed by atoms with E-state index in [1.807, 2.05) is 66.7 Å². The summed E-state index contributed by atoms with van der Waals surface area (Å²) in [7, 11) is 0. The van der Waals surface area contributed by atoms with Gasteiger partial charge in [0.25, 0.3) is 0 Å². The second-order valence-electron chi connectivity index (χ2n) is 14.7. The van der Waals surface area contributed by atoms with Gasteiger partial charge in [0.2, 0.25) is 0 Å². The van der Waals surface area contributed by atoms with Gasteiger partial charge in [-0.2, -0.15) is 0 Å². The van der Waals surface area contributed by atoms with Gasteiger partial charge in [-0.1, -0.05) is 114 Å². The fourth-order valence-corrected chi connectivity index (χ4v) is 8.97. The molecule has 7 rings (SSSR count). The zero-order valence-corrected chi connectivity index (χ0v) is 34.7. The maximum Gasteiger partial charge on any atom is 0.143 e. The molecule has 282 valence electrons. The molecule has 0 bridgehead atoms. The Bertz CT molecular complexity index is 1840. The maximum atomic E-state index is 11.5. The number of ketones is 1. The Morgan fingerprint density at radius 2 is 1.06 bits per heavy atom. The van der Waals surface area contributed by atoms with Gasteiger partial charge in [0.1, 0.15) is 5.78 Å². The number of piperazine rings is 2. The summed E-state index contributed by atoms with van der Waals surface area (Å²) in [4.78, 5) is 21.0. The molecule has 0 aromatic heterocycles. The van der Waals surface area contributed by atoms with Crippen molar-refractivity contribution in [2.24, 2.45) is 11.8 Å². The van der Waals surface area contributed by atoms with Crippen LogP contribution in [-0.4, -0.2) is 67.9 Å². The fourth-order valence-electron chi connectivity index (χ4n) is 7.69. The molecule has 2 saturated heterocycles. The van der Waals surface area contributed by atoms with Gasteiger partial charge in [-0.15, -0.1) is 0 Å². The molecule has 3 aliphatic rings. The first-order chi connectivity index (χ1) is 25.4. The molecule has 1 aliphatic carbocycles. The summed E-state index contributed by atoms with van der Waals surface area (Å²) in [6.07, 6.45) is 4.23. The zero-order chi connectivity index (χ0) is 37.6. The Hall–Kier alpha value is -2.19. The van der Waals surface area contributed by atoms with Crippen molar-refractivity contribution in [2.75, 3.05) is 62.2 Å². The third kappa shape index (κ3) is 11.2. The monoisotopic (exact) mass is 832 g/mol. The van der Waals surface area contributed by atoms with Crippen LogP contribution in [0.25, 0.3) is 0 Å². The van der Waals surface area contributed by atoms with E-state index >= 15 is 0 Å². The minimum absolute atomic E-state index is 0.0871. The van der Waals surface area contributed by atoms with E-state index in [1.165, 1.54) is 31.4 Å². The van der Waals surface area contributed by atoms with Crippen LogP contribution < -0.4 is 9.80 Å². The molecule has 0 spiro atoms. The summed E-state index contributed by atoms with van der Waals surface area (Å²) >= 11 is 37.4. The van der Waals surface area contributed by atoms with E-state index in [0.29, 0.717) is 31.7 Å². The standard InChI is InChI=1S/C23H27Cl3N2.C19H19Cl3N2O/c1-16(12-17-2-3-17)14-27-10-11-28(22-9-8-20(25)13-21(22)26)23(15-27)18-4-6-19(24)7-5-18;1-13(25)11-23-8-9-24(18-7-6-16(21)10-17(18)22)19(12-23)14-2-4-15(20)5-3-14/h4-9,13,16-17,23H,2-3,10-12,14-15H2,1H3;2-7,10,19H,8-9,11-12H2,1H3/t16?,23-;19-/m00/s1. The Labute approximate surface area is 344 Å². The predicted molar refractivity (Wildman–Crippen MR) is 226 cm³/mol. The van der Waals surface area contributed by atoms with Crippen LogP contribution >= 0.6 is 69.6 Å². The number of benzene rings is 4. The van der Waals surface area contributed by atoms with Crippen molar-refractivity contribution in [2.45, 2.75) is 45.2 Å². The van der Waals surface area contributed by atoms with Gasteiger partial charge in [0, 0.05) is 65.9 Å². The van der Waals surface area contributed by atoms with E-state index in [2.05, 4.69) is 38.7 Å². The minimum atomic E-state index is 0.0871. The van der Waals surface area contributed by atoms with Crippen LogP contribution in [0.5, 0.6) is 0 Å². The quantitative estimate of drug-likeness (QED) is 0.159. The number of rotatable bonds is 10. The van der Waals surface area contributed by atoms with Crippen molar-refractivity contribution in [1.82, 2.24) is 9.80 Å². The van der Waals surface area contributed by atoms with Gasteiger partial charge >= 0.3 is 0 Å². The number of halogens is 6. The van der Waals surface area contributed by atoms with Crippen molar-refractivity contribution < 1.29 is 4.79 Å². The average Bonchev–Trinajstić information content (AvgIpc) is 3.93. The molecule has 5 nitrogen and oxygen atoms in total. The highest BCUT2D eigenvalue weighted by Crippen LogP contribution is 2.39. The smallest absolute Gasteiger partial charge is 0.143 e. The van der Waals surface area contributed by atoms with E-state index in [9.17, 15) is 4.79 Å². The second-order valence-corrected chi connectivity index (χ2v) is 17.3. The summed E-state index contributed by atoms with van der Waals surface area (Å²) in [5, 5.41) is 4.10. The first kappa shape index (κ1) is 40.5. The summed E-state index contributed by atoms with van der Waals surface area (Å²) < 4.78 is 0. The Morgan fingerprint density at radius 1 is 0.623 bits per heavy atom. The van der Waals surface area contributed by atoms with E-state index in [0.717, 1.165) is 73.1 Å². The van der Waals surface area contributed by atoms with Gasteiger partial charge in [0.05, 0.1) is 40.0 Å². The Morgan fingerprint density at radius 3 is 1.49 bits per heavy atom. The summed E-state index contributed by atoms with van der Waals surface area (Å²) in [5.41, 5.74) is 4.42. The van der Waals surface area contributed by atoms with Crippen LogP contribution in [0.4, 0.5) is 11.4 Å². The average molecular weight is 836 g/mol. The van der Waals surface area contributed by atoms with Crippen molar-refractivity contribution in [3.8, 4) is 0 Å². The molecule has 53 heavy (non-hydrogen) atoms. The third-order valence-corrected chi connectivity index (χ3v) is 11.9. The summed E-state index contributed by atoms with van der Waals surface area (Å²) in [6.45, 7) is 11.0. The van der Waals surface area contributed by atoms with E-state index < -0.39 is 0 Å². The Balaban J connectivity index is 0.000000183. The number of hydrogen-bond acceptors (Lipinski definition) is 5. The van der Waals surface area contributed by atoms with Crippen molar-refractivity contribution in [3.05, 3.63) is 126 Å². The molecular formula is C42H46Cl6N4O. The van der Waals surface area contributed by atoms with Gasteiger partial charge in [0.15, 0.2) is 0 Å². The van der Waals surface area contributed by atoms with Crippen molar-refractivity contribution >= 4 is 86.8 Å². The molecule has 3 fully saturated rings. The normalized spacial score (nSPS) is 20.2. The highest BCUT2D eigenvalue weighted by atomic mass is 35.5. The van der Waals surface area contributed by atoms with Crippen LogP contribution in [0.15, 0.2) is 84.9 Å². The molecule has 0 N–H and O–H groups in total. The van der Waals surface area contributed by atoms with Crippen molar-refractivity contribution in [3.63, 3.8) is 0 Å². The molecular weight excluding hydrogens is 789 g/mol. The molecule has 1 unspecified atom stereocenters. The van der Waals surface area contributed by atoms with E-state index in [-0.39, 0.29) is 17.9 Å². The van der Waals surface area contributed by atoms with Crippen LogP contribution in [0, 0.1) is 11.8 Å². The largest absolute Gasteiger partial charge is 0.361 e. The SMILES string of the molecule is CC(=O)CN1CCN(c2ccc(Cl)cc2Cl)[C@H](c2ccc(Cl)cc2)C1.CC(CC1CC1)CN1CCN(c2ccc(Cl)cc2Cl)[C@H](c2ccc(Cl)cc2)C1. The molecule has 2 aliphatic heterocycles. The molecule has 2 heterocycles. The van der Waals surface area contributed by atoms with Gasteiger partial charge in [-0.05, 0) is 97.0 Å². The van der Waals surface area contributed by atoms with Gasteiger partial charge in [-0.3, -0.25) is 14.6 Å².